The van der Waals surface area contributed by atoms with Gasteiger partial charge in [0.15, 0.2) is 0 Å². The molecular formula is C18H17N3O5. The molecule has 0 amide bonds. The largest absolute Gasteiger partial charge is 0.489 e. The molecule has 2 N–H and O–H groups in total. The lowest BCUT2D eigenvalue weighted by molar-refractivity contribution is 0.0449. The average molecular weight is 355 g/mol. The van der Waals surface area contributed by atoms with Crippen molar-refractivity contribution in [1.82, 2.24) is 15.0 Å². The highest BCUT2D eigenvalue weighted by Gasteiger charge is 2.11. The van der Waals surface area contributed by atoms with Crippen molar-refractivity contribution in [2.24, 2.45) is 0 Å². The highest BCUT2D eigenvalue weighted by molar-refractivity contribution is 5.92. The number of aromatic amines is 2. The highest BCUT2D eigenvalue weighted by atomic mass is 16.6. The fourth-order valence-corrected chi connectivity index (χ4v) is 2.55. The van der Waals surface area contributed by atoms with Crippen molar-refractivity contribution in [2.75, 3.05) is 13.2 Å². The van der Waals surface area contributed by atoms with Gasteiger partial charge in [-0.05, 0) is 31.0 Å². The number of H-pyrrole nitrogens is 2. The second kappa shape index (κ2) is 7.22. The molecule has 0 unspecified atom stereocenters. The second-order valence-electron chi connectivity index (χ2n) is 5.73. The third-order valence-corrected chi connectivity index (χ3v) is 3.80. The van der Waals surface area contributed by atoms with Crippen molar-refractivity contribution in [3.8, 4) is 5.75 Å². The van der Waals surface area contributed by atoms with Gasteiger partial charge in [-0.15, -0.1) is 0 Å². The van der Waals surface area contributed by atoms with Crippen LogP contribution >= 0.6 is 0 Å². The first-order valence-electron chi connectivity index (χ1n) is 7.94. The zero-order valence-electron chi connectivity index (χ0n) is 14.3. The van der Waals surface area contributed by atoms with E-state index in [4.69, 9.17) is 9.47 Å². The maximum Gasteiger partial charge on any atom is 0.339 e. The van der Waals surface area contributed by atoms with Gasteiger partial charge >= 0.3 is 11.7 Å². The van der Waals surface area contributed by atoms with Crippen molar-refractivity contribution in [2.45, 2.75) is 13.8 Å². The lowest BCUT2D eigenvalue weighted by atomic mass is 10.1. The zero-order chi connectivity index (χ0) is 18.7. The minimum Gasteiger partial charge on any atom is -0.489 e. The molecule has 8 nitrogen and oxygen atoms in total. The topological polar surface area (TPSA) is 114 Å². The number of carbonyl (C=O) groups excluding carboxylic acids is 1. The molecule has 26 heavy (non-hydrogen) atoms. The summed E-state index contributed by atoms with van der Waals surface area (Å²) in [6.45, 7) is 4.13. The third kappa shape index (κ3) is 3.64. The maximum absolute atomic E-state index is 12.1. The Morgan fingerprint density at radius 3 is 2.58 bits per heavy atom. The summed E-state index contributed by atoms with van der Waals surface area (Å²) in [7, 11) is 0. The van der Waals surface area contributed by atoms with E-state index in [0.717, 1.165) is 16.9 Å². The second-order valence-corrected chi connectivity index (χ2v) is 5.73. The molecular weight excluding hydrogens is 338 g/mol. The lowest BCUT2D eigenvalue weighted by Crippen LogP contribution is -2.23. The number of benzene rings is 1. The number of nitrogens with one attached hydrogen (secondary N) is 2. The molecule has 0 aliphatic heterocycles. The summed E-state index contributed by atoms with van der Waals surface area (Å²) in [5.74, 6) is 0.140. The number of hydrogen-bond acceptors (Lipinski definition) is 6. The van der Waals surface area contributed by atoms with Gasteiger partial charge in [0.25, 0.3) is 5.56 Å². The monoisotopic (exact) mass is 355 g/mol. The minimum absolute atomic E-state index is 0.0482. The first-order valence-corrected chi connectivity index (χ1v) is 7.94. The summed E-state index contributed by atoms with van der Waals surface area (Å²) in [6.07, 6.45) is 1.24. The third-order valence-electron chi connectivity index (χ3n) is 3.80. The molecule has 0 fully saturated rings. The first kappa shape index (κ1) is 17.4. The molecule has 1 aromatic carbocycles. The van der Waals surface area contributed by atoms with Crippen LogP contribution in [0.4, 0.5) is 0 Å². The Hall–Kier alpha value is -3.42. The average Bonchev–Trinajstić information content (AvgIpc) is 2.60. The van der Waals surface area contributed by atoms with Gasteiger partial charge < -0.3 is 9.47 Å². The Kier molecular flexibility index (Phi) is 4.83. The van der Waals surface area contributed by atoms with Crippen LogP contribution in [0.2, 0.25) is 0 Å². The molecule has 2 heterocycles. The Morgan fingerprint density at radius 1 is 1.12 bits per heavy atom. The van der Waals surface area contributed by atoms with E-state index >= 15 is 0 Å². The van der Waals surface area contributed by atoms with Crippen molar-refractivity contribution in [1.29, 1.82) is 0 Å². The van der Waals surface area contributed by atoms with Crippen molar-refractivity contribution >= 4 is 17.0 Å². The van der Waals surface area contributed by atoms with Crippen LogP contribution in [0.5, 0.6) is 5.75 Å². The summed E-state index contributed by atoms with van der Waals surface area (Å²) in [4.78, 5) is 43.5. The molecule has 0 bridgehead atoms. The normalized spacial score (nSPS) is 10.7. The molecule has 0 aliphatic carbocycles. The SMILES string of the molecule is Cc1cccc(C)c1OCCOC(=O)c1cnc2[nH]c(=O)[nH]c(=O)c2c1. The number of ether oxygens (including phenoxy) is 2. The predicted molar refractivity (Wildman–Crippen MR) is 94.7 cm³/mol. The van der Waals surface area contributed by atoms with Gasteiger partial charge in [0.1, 0.15) is 24.6 Å². The van der Waals surface area contributed by atoms with Gasteiger partial charge in [-0.3, -0.25) is 14.8 Å². The van der Waals surface area contributed by atoms with Gasteiger partial charge in [0, 0.05) is 6.20 Å². The highest BCUT2D eigenvalue weighted by Crippen LogP contribution is 2.22. The number of aromatic nitrogens is 3. The maximum atomic E-state index is 12.1. The van der Waals surface area contributed by atoms with E-state index in [1.165, 1.54) is 12.3 Å². The van der Waals surface area contributed by atoms with Crippen molar-refractivity contribution in [3.63, 3.8) is 0 Å². The standard InChI is InChI=1S/C18H17N3O5/c1-10-4-3-5-11(2)14(10)25-6-7-26-17(23)12-8-13-15(19-9-12)20-18(24)21-16(13)22/h3-5,8-9H,6-7H2,1-2H3,(H2,19,20,21,22,24). The van der Waals surface area contributed by atoms with E-state index in [2.05, 4.69) is 15.0 Å². The smallest absolute Gasteiger partial charge is 0.339 e. The number of hydrogen-bond donors (Lipinski definition) is 2. The van der Waals surface area contributed by atoms with Crippen molar-refractivity contribution < 1.29 is 14.3 Å². The molecule has 2 aromatic heterocycles. The fraction of sp³-hybridized carbons (Fsp3) is 0.222. The molecule has 0 aliphatic rings. The van der Waals surface area contributed by atoms with Crippen LogP contribution in [0.25, 0.3) is 11.0 Å². The Morgan fingerprint density at radius 2 is 1.85 bits per heavy atom. The summed E-state index contributed by atoms with van der Waals surface area (Å²) >= 11 is 0. The van der Waals surface area contributed by atoms with Crippen LogP contribution in [0.3, 0.4) is 0 Å². The molecule has 0 saturated heterocycles. The van der Waals surface area contributed by atoms with Crippen LogP contribution in [-0.4, -0.2) is 34.1 Å². The number of pyridine rings is 1. The molecule has 3 aromatic rings. The first-order chi connectivity index (χ1) is 12.5. The number of nitrogens with zero attached hydrogens (tertiary/aromatic N) is 1. The molecule has 134 valence electrons. The van der Waals surface area contributed by atoms with Gasteiger partial charge in [0.2, 0.25) is 0 Å². The van der Waals surface area contributed by atoms with Crippen LogP contribution in [-0.2, 0) is 4.74 Å². The Balaban J connectivity index is 1.64. The summed E-state index contributed by atoms with van der Waals surface area (Å²) in [6, 6.07) is 7.15. The van der Waals surface area contributed by atoms with E-state index in [1.54, 1.807) is 0 Å². The van der Waals surface area contributed by atoms with Crippen LogP contribution in [0.1, 0.15) is 21.5 Å². The number of aryl methyl sites for hydroxylation is 2. The number of rotatable bonds is 5. The van der Waals surface area contributed by atoms with Gasteiger partial charge in [-0.1, -0.05) is 18.2 Å². The van der Waals surface area contributed by atoms with Gasteiger partial charge in [-0.2, -0.15) is 0 Å². The number of fused-ring (bicyclic) bond motifs is 1. The fourth-order valence-electron chi connectivity index (χ4n) is 2.55. The quantitative estimate of drug-likeness (QED) is 0.529. The van der Waals surface area contributed by atoms with E-state index in [0.29, 0.717) is 0 Å². The molecule has 0 radical (unpaired) electrons. The number of carbonyl (C=O) groups is 1. The number of esters is 1. The van der Waals surface area contributed by atoms with Crippen LogP contribution in [0, 0.1) is 13.8 Å². The lowest BCUT2D eigenvalue weighted by Gasteiger charge is -2.12. The van der Waals surface area contributed by atoms with Gasteiger partial charge in [-0.25, -0.2) is 14.6 Å². The van der Waals surface area contributed by atoms with E-state index in [-0.39, 0.29) is 29.8 Å². The molecule has 0 saturated carbocycles. The minimum atomic E-state index is -0.658. The number of para-hydroxylation sites is 1. The van der Waals surface area contributed by atoms with Crippen molar-refractivity contribution in [3.05, 3.63) is 68.0 Å². The summed E-state index contributed by atoms with van der Waals surface area (Å²) in [5, 5.41) is 0.103. The van der Waals surface area contributed by atoms with Gasteiger partial charge in [0.05, 0.1) is 10.9 Å². The van der Waals surface area contributed by atoms with E-state index in [9.17, 15) is 14.4 Å². The molecule has 0 atom stereocenters. The molecule has 3 rings (SSSR count). The molecule has 8 heteroatoms. The Labute approximate surface area is 147 Å². The molecule has 0 spiro atoms. The predicted octanol–water partition coefficient (Wildman–Crippen LogP) is 1.46. The summed E-state index contributed by atoms with van der Waals surface area (Å²) in [5.41, 5.74) is 0.945. The van der Waals surface area contributed by atoms with Crippen LogP contribution < -0.4 is 16.0 Å². The van der Waals surface area contributed by atoms with Crippen LogP contribution in [0.15, 0.2) is 40.1 Å². The summed E-state index contributed by atoms with van der Waals surface area (Å²) < 4.78 is 10.8. The zero-order valence-corrected chi connectivity index (χ0v) is 14.3. The van der Waals surface area contributed by atoms with E-state index in [1.807, 2.05) is 32.0 Å². The van der Waals surface area contributed by atoms with E-state index < -0.39 is 17.2 Å². The Bertz CT molecular complexity index is 1060.